The smallest absolute Gasteiger partial charge is 0.0887 e. The van der Waals surface area contributed by atoms with E-state index in [1.165, 1.54) is 31.2 Å². The van der Waals surface area contributed by atoms with Gasteiger partial charge in [0.25, 0.3) is 0 Å². The van der Waals surface area contributed by atoms with E-state index in [1.807, 2.05) is 16.9 Å². The zero-order valence-electron chi connectivity index (χ0n) is 11.7. The molecule has 0 amide bonds. The van der Waals surface area contributed by atoms with E-state index >= 15 is 0 Å². The first-order valence-corrected chi connectivity index (χ1v) is 7.66. The lowest BCUT2D eigenvalue weighted by molar-refractivity contribution is 0.410. The Labute approximate surface area is 119 Å². The summed E-state index contributed by atoms with van der Waals surface area (Å²) in [6, 6.07) is 10.4. The van der Waals surface area contributed by atoms with E-state index in [2.05, 4.69) is 24.3 Å². The zero-order valence-corrected chi connectivity index (χ0v) is 11.7. The molecule has 1 aromatic heterocycles. The molecule has 3 unspecified atom stereocenters. The zero-order chi connectivity index (χ0) is 13.5. The molecule has 3 nitrogen and oxygen atoms in total. The van der Waals surface area contributed by atoms with Crippen molar-refractivity contribution >= 4 is 5.69 Å². The van der Waals surface area contributed by atoms with Gasteiger partial charge in [-0.05, 0) is 36.7 Å². The standard InChI is InChI=1S/C17H21N3/c18-16-11-20(10-12-4-2-1-3-5-12)19-17(16)15-9-13-6-7-14(15)8-13/h1-5,11,13-15H,6-10,18H2. The topological polar surface area (TPSA) is 43.8 Å². The maximum atomic E-state index is 6.22. The Morgan fingerprint density at radius 3 is 2.70 bits per heavy atom. The van der Waals surface area contributed by atoms with Gasteiger partial charge in [0.2, 0.25) is 0 Å². The number of nitrogen functional groups attached to an aromatic ring is 1. The van der Waals surface area contributed by atoms with Crippen LogP contribution in [0.2, 0.25) is 0 Å². The second kappa shape index (κ2) is 4.65. The molecule has 2 N–H and O–H groups in total. The lowest BCUT2D eigenvalue weighted by Crippen LogP contribution is -2.11. The Hall–Kier alpha value is -1.77. The highest BCUT2D eigenvalue weighted by molar-refractivity contribution is 5.44. The molecule has 0 aliphatic heterocycles. The fraction of sp³-hybridized carbons (Fsp3) is 0.471. The second-order valence-electron chi connectivity index (χ2n) is 6.43. The number of benzene rings is 1. The van der Waals surface area contributed by atoms with Gasteiger partial charge in [-0.2, -0.15) is 5.10 Å². The van der Waals surface area contributed by atoms with Crippen molar-refractivity contribution in [3.63, 3.8) is 0 Å². The Morgan fingerprint density at radius 2 is 2.00 bits per heavy atom. The summed E-state index contributed by atoms with van der Waals surface area (Å²) in [4.78, 5) is 0. The van der Waals surface area contributed by atoms with E-state index in [1.54, 1.807) is 0 Å². The van der Waals surface area contributed by atoms with E-state index in [4.69, 9.17) is 10.8 Å². The van der Waals surface area contributed by atoms with Crippen LogP contribution in [0.25, 0.3) is 0 Å². The fourth-order valence-corrected chi connectivity index (χ4v) is 4.17. The minimum absolute atomic E-state index is 0.616. The van der Waals surface area contributed by atoms with Gasteiger partial charge < -0.3 is 5.73 Å². The van der Waals surface area contributed by atoms with Gasteiger partial charge >= 0.3 is 0 Å². The largest absolute Gasteiger partial charge is 0.396 e. The Bertz CT molecular complexity index is 602. The third kappa shape index (κ3) is 2.01. The first kappa shape index (κ1) is 12.0. The molecule has 0 radical (unpaired) electrons. The minimum atomic E-state index is 0.616. The highest BCUT2D eigenvalue weighted by atomic mass is 15.3. The minimum Gasteiger partial charge on any atom is -0.396 e. The number of hydrogen-bond acceptors (Lipinski definition) is 2. The molecular weight excluding hydrogens is 246 g/mol. The monoisotopic (exact) mass is 267 g/mol. The van der Waals surface area contributed by atoms with E-state index in [0.717, 1.165) is 29.8 Å². The molecule has 20 heavy (non-hydrogen) atoms. The van der Waals surface area contributed by atoms with Crippen LogP contribution in [0.5, 0.6) is 0 Å². The molecule has 0 saturated heterocycles. The van der Waals surface area contributed by atoms with Crippen molar-refractivity contribution in [1.29, 1.82) is 0 Å². The van der Waals surface area contributed by atoms with Gasteiger partial charge in [-0.25, -0.2) is 0 Å². The molecule has 104 valence electrons. The van der Waals surface area contributed by atoms with Crippen LogP contribution in [0.15, 0.2) is 36.5 Å². The van der Waals surface area contributed by atoms with Crippen molar-refractivity contribution in [1.82, 2.24) is 9.78 Å². The van der Waals surface area contributed by atoms with E-state index in [9.17, 15) is 0 Å². The number of anilines is 1. The quantitative estimate of drug-likeness (QED) is 0.926. The Morgan fingerprint density at radius 1 is 1.15 bits per heavy atom. The summed E-state index contributed by atoms with van der Waals surface area (Å²) in [5.41, 5.74) is 9.54. The summed E-state index contributed by atoms with van der Waals surface area (Å²) >= 11 is 0. The fourth-order valence-electron chi connectivity index (χ4n) is 4.17. The van der Waals surface area contributed by atoms with Crippen molar-refractivity contribution in [2.45, 2.75) is 38.1 Å². The first-order chi connectivity index (χ1) is 9.79. The number of nitrogens with zero attached hydrogens (tertiary/aromatic N) is 2. The van der Waals surface area contributed by atoms with Gasteiger partial charge in [-0.3, -0.25) is 4.68 Å². The molecule has 2 bridgehead atoms. The Kier molecular flexibility index (Phi) is 2.79. The number of hydrogen-bond donors (Lipinski definition) is 1. The molecule has 2 aromatic rings. The van der Waals surface area contributed by atoms with Gasteiger partial charge in [0.1, 0.15) is 0 Å². The Balaban J connectivity index is 1.57. The third-order valence-electron chi connectivity index (χ3n) is 5.10. The summed E-state index contributed by atoms with van der Waals surface area (Å²) in [5.74, 6) is 2.39. The highest BCUT2D eigenvalue weighted by Crippen LogP contribution is 2.53. The van der Waals surface area contributed by atoms with Gasteiger partial charge in [-0.1, -0.05) is 36.8 Å². The molecule has 2 aliphatic carbocycles. The summed E-state index contributed by atoms with van der Waals surface area (Å²) in [5, 5.41) is 4.80. The van der Waals surface area contributed by atoms with Crippen LogP contribution in [0, 0.1) is 11.8 Å². The second-order valence-corrected chi connectivity index (χ2v) is 6.43. The van der Waals surface area contributed by atoms with Crippen molar-refractivity contribution in [3.8, 4) is 0 Å². The summed E-state index contributed by atoms with van der Waals surface area (Å²) in [6.45, 7) is 0.811. The lowest BCUT2D eigenvalue weighted by atomic mass is 9.86. The maximum absolute atomic E-state index is 6.22. The number of fused-ring (bicyclic) bond motifs is 2. The normalized spacial score (nSPS) is 28.1. The molecule has 3 heteroatoms. The maximum Gasteiger partial charge on any atom is 0.0887 e. The van der Waals surface area contributed by atoms with E-state index in [-0.39, 0.29) is 0 Å². The first-order valence-electron chi connectivity index (χ1n) is 7.66. The molecule has 3 atom stereocenters. The molecule has 1 heterocycles. The van der Waals surface area contributed by atoms with Crippen molar-refractivity contribution in [2.75, 3.05) is 5.73 Å². The van der Waals surface area contributed by atoms with Gasteiger partial charge in [0.05, 0.1) is 17.9 Å². The molecule has 4 rings (SSSR count). The summed E-state index contributed by atoms with van der Waals surface area (Å²) < 4.78 is 2.01. The molecule has 2 aliphatic rings. The lowest BCUT2D eigenvalue weighted by Gasteiger charge is -2.20. The van der Waals surface area contributed by atoms with E-state index < -0.39 is 0 Å². The molecular formula is C17H21N3. The van der Waals surface area contributed by atoms with Crippen LogP contribution in [-0.4, -0.2) is 9.78 Å². The number of rotatable bonds is 3. The summed E-state index contributed by atoms with van der Waals surface area (Å²) in [6.07, 6.45) is 7.51. The van der Waals surface area contributed by atoms with E-state index in [0.29, 0.717) is 5.92 Å². The van der Waals surface area contributed by atoms with Crippen LogP contribution in [0.1, 0.15) is 42.9 Å². The average molecular weight is 267 g/mol. The summed E-state index contributed by atoms with van der Waals surface area (Å²) in [7, 11) is 0. The number of nitrogens with two attached hydrogens (primary N) is 1. The highest BCUT2D eigenvalue weighted by Gasteiger charge is 2.42. The van der Waals surface area contributed by atoms with Crippen molar-refractivity contribution in [2.24, 2.45) is 11.8 Å². The van der Waals surface area contributed by atoms with Crippen LogP contribution in [0.3, 0.4) is 0 Å². The number of aromatic nitrogens is 2. The third-order valence-corrected chi connectivity index (χ3v) is 5.10. The molecule has 2 fully saturated rings. The van der Waals surface area contributed by atoms with Gasteiger partial charge in [0.15, 0.2) is 0 Å². The van der Waals surface area contributed by atoms with Crippen LogP contribution in [-0.2, 0) is 6.54 Å². The predicted molar refractivity (Wildman–Crippen MR) is 80.4 cm³/mol. The van der Waals surface area contributed by atoms with Crippen LogP contribution in [0.4, 0.5) is 5.69 Å². The molecule has 2 saturated carbocycles. The predicted octanol–water partition coefficient (Wildman–Crippen LogP) is 3.42. The van der Waals surface area contributed by atoms with Crippen molar-refractivity contribution < 1.29 is 0 Å². The van der Waals surface area contributed by atoms with Gasteiger partial charge in [0, 0.05) is 12.1 Å². The molecule has 0 spiro atoms. The van der Waals surface area contributed by atoms with Gasteiger partial charge in [-0.15, -0.1) is 0 Å². The van der Waals surface area contributed by atoms with Crippen LogP contribution < -0.4 is 5.73 Å². The SMILES string of the molecule is Nc1cn(Cc2ccccc2)nc1C1CC2CCC1C2. The molecule has 1 aromatic carbocycles. The average Bonchev–Trinajstić information content (AvgIpc) is 3.15. The van der Waals surface area contributed by atoms with Crippen molar-refractivity contribution in [3.05, 3.63) is 47.8 Å². The van der Waals surface area contributed by atoms with Crippen LogP contribution >= 0.6 is 0 Å².